The van der Waals surface area contributed by atoms with Gasteiger partial charge in [0.1, 0.15) is 5.75 Å². The van der Waals surface area contributed by atoms with Crippen LogP contribution in [0.3, 0.4) is 0 Å². The first-order valence-electron chi connectivity index (χ1n) is 5.17. The fourth-order valence-corrected chi connectivity index (χ4v) is 1.55. The molecular weight excluding hydrogens is 192 g/mol. The molecule has 0 aliphatic carbocycles. The number of aliphatic carboxylic acids is 1. The zero-order chi connectivity index (χ0) is 11.3. The Labute approximate surface area is 89.4 Å². The number of hydrogen-bond donors (Lipinski definition) is 2. The first-order chi connectivity index (χ1) is 7.15. The Bertz CT molecular complexity index is 316. The molecular formula is C12H16O3. The van der Waals surface area contributed by atoms with Crippen molar-refractivity contribution in [2.75, 3.05) is 0 Å². The predicted molar refractivity (Wildman–Crippen MR) is 58.0 cm³/mol. The van der Waals surface area contributed by atoms with Crippen LogP contribution in [0.15, 0.2) is 24.3 Å². The van der Waals surface area contributed by atoms with Crippen LogP contribution in [0.1, 0.15) is 37.7 Å². The van der Waals surface area contributed by atoms with Crippen LogP contribution in [0.25, 0.3) is 0 Å². The molecule has 82 valence electrons. The lowest BCUT2D eigenvalue weighted by Crippen LogP contribution is -2.11. The molecule has 0 aliphatic heterocycles. The van der Waals surface area contributed by atoms with Gasteiger partial charge >= 0.3 is 5.97 Å². The van der Waals surface area contributed by atoms with Gasteiger partial charge in [-0.05, 0) is 24.1 Å². The molecule has 3 heteroatoms. The minimum Gasteiger partial charge on any atom is -0.508 e. The summed E-state index contributed by atoms with van der Waals surface area (Å²) in [5.41, 5.74) is 0.758. The van der Waals surface area contributed by atoms with E-state index in [1.807, 2.05) is 6.92 Å². The second-order valence-corrected chi connectivity index (χ2v) is 3.62. The van der Waals surface area contributed by atoms with Gasteiger partial charge in [-0.2, -0.15) is 0 Å². The van der Waals surface area contributed by atoms with E-state index in [1.165, 1.54) is 12.1 Å². The summed E-state index contributed by atoms with van der Waals surface area (Å²) in [6.07, 6.45) is 2.54. The lowest BCUT2D eigenvalue weighted by Gasteiger charge is -2.11. The third-order valence-corrected chi connectivity index (χ3v) is 2.44. The summed E-state index contributed by atoms with van der Waals surface area (Å²) in [6, 6.07) is 6.39. The van der Waals surface area contributed by atoms with Gasteiger partial charge in [0.25, 0.3) is 0 Å². The fourth-order valence-electron chi connectivity index (χ4n) is 1.55. The Balaban J connectivity index is 2.79. The molecule has 3 nitrogen and oxygen atoms in total. The lowest BCUT2D eigenvalue weighted by atomic mass is 9.94. The SMILES string of the molecule is CCCCC(C(=O)O)c1ccc(O)cc1. The van der Waals surface area contributed by atoms with E-state index >= 15 is 0 Å². The van der Waals surface area contributed by atoms with E-state index in [0.29, 0.717) is 6.42 Å². The van der Waals surface area contributed by atoms with Gasteiger partial charge in [0.05, 0.1) is 5.92 Å². The minimum atomic E-state index is -0.797. The molecule has 0 saturated carbocycles. The molecule has 2 N–H and O–H groups in total. The zero-order valence-electron chi connectivity index (χ0n) is 8.81. The monoisotopic (exact) mass is 208 g/mol. The lowest BCUT2D eigenvalue weighted by molar-refractivity contribution is -0.139. The van der Waals surface area contributed by atoms with Crippen molar-refractivity contribution < 1.29 is 15.0 Å². The quantitative estimate of drug-likeness (QED) is 0.782. The Morgan fingerprint density at radius 3 is 2.40 bits per heavy atom. The van der Waals surface area contributed by atoms with Crippen LogP contribution in [0.5, 0.6) is 5.75 Å². The maximum atomic E-state index is 11.0. The third kappa shape index (κ3) is 3.27. The Morgan fingerprint density at radius 1 is 1.33 bits per heavy atom. The van der Waals surface area contributed by atoms with E-state index in [0.717, 1.165) is 18.4 Å². The molecule has 1 aromatic rings. The summed E-state index contributed by atoms with van der Waals surface area (Å²) in [5, 5.41) is 18.2. The van der Waals surface area contributed by atoms with Gasteiger partial charge in [-0.1, -0.05) is 31.9 Å². The van der Waals surface area contributed by atoms with Crippen molar-refractivity contribution in [3.05, 3.63) is 29.8 Å². The number of hydrogen-bond acceptors (Lipinski definition) is 2. The zero-order valence-corrected chi connectivity index (χ0v) is 8.81. The van der Waals surface area contributed by atoms with Gasteiger partial charge < -0.3 is 10.2 Å². The van der Waals surface area contributed by atoms with Crippen LogP contribution >= 0.6 is 0 Å². The highest BCUT2D eigenvalue weighted by Crippen LogP contribution is 2.24. The average molecular weight is 208 g/mol. The van der Waals surface area contributed by atoms with Gasteiger partial charge in [0.2, 0.25) is 0 Å². The highest BCUT2D eigenvalue weighted by atomic mass is 16.4. The van der Waals surface area contributed by atoms with Crippen LogP contribution in [-0.2, 0) is 4.79 Å². The standard InChI is InChI=1S/C12H16O3/c1-2-3-4-11(12(14)15)9-5-7-10(13)8-6-9/h5-8,11,13H,2-4H2,1H3,(H,14,15). The fraction of sp³-hybridized carbons (Fsp3) is 0.417. The normalized spacial score (nSPS) is 12.3. The molecule has 1 aromatic carbocycles. The molecule has 0 fully saturated rings. The molecule has 0 radical (unpaired) electrons. The predicted octanol–water partition coefficient (Wildman–Crippen LogP) is 2.75. The number of carbonyl (C=O) groups is 1. The summed E-state index contributed by atoms with van der Waals surface area (Å²) in [6.45, 7) is 2.04. The van der Waals surface area contributed by atoms with Gasteiger partial charge in [0.15, 0.2) is 0 Å². The largest absolute Gasteiger partial charge is 0.508 e. The second-order valence-electron chi connectivity index (χ2n) is 3.62. The summed E-state index contributed by atoms with van der Waals surface area (Å²) >= 11 is 0. The van der Waals surface area contributed by atoms with Crippen molar-refractivity contribution in [2.24, 2.45) is 0 Å². The summed E-state index contributed by atoms with van der Waals surface area (Å²) in [5.74, 6) is -1.09. The van der Waals surface area contributed by atoms with E-state index < -0.39 is 11.9 Å². The first-order valence-corrected chi connectivity index (χ1v) is 5.17. The second kappa shape index (κ2) is 5.39. The number of benzene rings is 1. The van der Waals surface area contributed by atoms with Crippen LogP contribution < -0.4 is 0 Å². The highest BCUT2D eigenvalue weighted by Gasteiger charge is 2.18. The molecule has 0 heterocycles. The number of rotatable bonds is 5. The maximum Gasteiger partial charge on any atom is 0.310 e. The van der Waals surface area contributed by atoms with E-state index in [2.05, 4.69) is 0 Å². The number of phenols is 1. The molecule has 0 amide bonds. The van der Waals surface area contributed by atoms with Gasteiger partial charge in [-0.15, -0.1) is 0 Å². The molecule has 0 saturated heterocycles. The van der Waals surface area contributed by atoms with Crippen molar-refractivity contribution in [1.29, 1.82) is 0 Å². The van der Waals surface area contributed by atoms with Crippen LogP contribution in [0.4, 0.5) is 0 Å². The van der Waals surface area contributed by atoms with Gasteiger partial charge in [0, 0.05) is 0 Å². The van der Waals surface area contributed by atoms with Crippen molar-refractivity contribution in [3.8, 4) is 5.75 Å². The first kappa shape index (κ1) is 11.6. The third-order valence-electron chi connectivity index (χ3n) is 2.44. The van der Waals surface area contributed by atoms with E-state index in [-0.39, 0.29) is 5.75 Å². The molecule has 0 aromatic heterocycles. The van der Waals surface area contributed by atoms with E-state index in [4.69, 9.17) is 10.2 Å². The summed E-state index contributed by atoms with van der Waals surface area (Å²) in [7, 11) is 0. The molecule has 0 spiro atoms. The van der Waals surface area contributed by atoms with Crippen molar-refractivity contribution in [2.45, 2.75) is 32.1 Å². The Hall–Kier alpha value is -1.51. The van der Waals surface area contributed by atoms with E-state index in [9.17, 15) is 4.79 Å². The Morgan fingerprint density at radius 2 is 1.93 bits per heavy atom. The number of phenolic OH excluding ortho intramolecular Hbond substituents is 1. The molecule has 1 atom stereocenters. The highest BCUT2D eigenvalue weighted by molar-refractivity contribution is 5.76. The average Bonchev–Trinajstić information content (AvgIpc) is 2.21. The summed E-state index contributed by atoms with van der Waals surface area (Å²) < 4.78 is 0. The van der Waals surface area contributed by atoms with Crippen molar-refractivity contribution in [3.63, 3.8) is 0 Å². The molecule has 15 heavy (non-hydrogen) atoms. The van der Waals surface area contributed by atoms with E-state index in [1.54, 1.807) is 12.1 Å². The van der Waals surface area contributed by atoms with Gasteiger partial charge in [-0.25, -0.2) is 0 Å². The number of carboxylic acid groups (broad SMARTS) is 1. The number of carboxylic acids is 1. The van der Waals surface area contributed by atoms with Crippen LogP contribution in [-0.4, -0.2) is 16.2 Å². The molecule has 0 aliphatic rings. The van der Waals surface area contributed by atoms with Crippen molar-refractivity contribution in [1.82, 2.24) is 0 Å². The maximum absolute atomic E-state index is 11.0. The Kier molecular flexibility index (Phi) is 4.16. The number of aromatic hydroxyl groups is 1. The van der Waals surface area contributed by atoms with Gasteiger partial charge in [-0.3, -0.25) is 4.79 Å². The molecule has 1 unspecified atom stereocenters. The topological polar surface area (TPSA) is 57.5 Å². The molecule has 0 bridgehead atoms. The minimum absolute atomic E-state index is 0.165. The smallest absolute Gasteiger partial charge is 0.310 e. The van der Waals surface area contributed by atoms with Crippen LogP contribution in [0.2, 0.25) is 0 Å². The van der Waals surface area contributed by atoms with Crippen molar-refractivity contribution >= 4 is 5.97 Å². The van der Waals surface area contributed by atoms with Crippen LogP contribution in [0, 0.1) is 0 Å². The summed E-state index contributed by atoms with van der Waals surface area (Å²) in [4.78, 5) is 11.0. The number of unbranched alkanes of at least 4 members (excludes halogenated alkanes) is 1. The molecule has 1 rings (SSSR count).